The van der Waals surface area contributed by atoms with Crippen LogP contribution in [0.2, 0.25) is 0 Å². The fourth-order valence-electron chi connectivity index (χ4n) is 1.44. The summed E-state index contributed by atoms with van der Waals surface area (Å²) in [5, 5.41) is 0. The summed E-state index contributed by atoms with van der Waals surface area (Å²) in [6, 6.07) is 4.68. The Balaban J connectivity index is 2.63. The van der Waals surface area contributed by atoms with Crippen LogP contribution >= 0.6 is 0 Å². The van der Waals surface area contributed by atoms with Crippen LogP contribution in [0.1, 0.15) is 23.2 Å². The van der Waals surface area contributed by atoms with Crippen molar-refractivity contribution in [1.29, 1.82) is 0 Å². The summed E-state index contributed by atoms with van der Waals surface area (Å²) in [6.45, 7) is 0.280. The van der Waals surface area contributed by atoms with E-state index in [4.69, 9.17) is 10.5 Å². The van der Waals surface area contributed by atoms with Crippen LogP contribution in [-0.4, -0.2) is 32.8 Å². The predicted octanol–water partition coefficient (Wildman–Crippen LogP) is 1.39. The summed E-state index contributed by atoms with van der Waals surface area (Å²) < 4.78 is 14.6. The molecule has 0 amide bonds. The molecule has 0 saturated heterocycles. The fourth-order valence-corrected chi connectivity index (χ4v) is 1.44. The molecule has 6 heteroatoms. The first kappa shape index (κ1) is 14.8. The predicted molar refractivity (Wildman–Crippen MR) is 68.9 cm³/mol. The lowest BCUT2D eigenvalue weighted by atomic mass is 10.2. The van der Waals surface area contributed by atoms with E-state index in [1.54, 1.807) is 12.1 Å². The molecule has 1 aromatic carbocycles. The molecule has 0 aliphatic carbocycles. The lowest BCUT2D eigenvalue weighted by Gasteiger charge is -2.10. The second-order valence-electron chi connectivity index (χ2n) is 3.78. The van der Waals surface area contributed by atoms with Crippen LogP contribution in [0.15, 0.2) is 18.2 Å². The van der Waals surface area contributed by atoms with E-state index in [1.807, 2.05) is 0 Å². The minimum absolute atomic E-state index is 0.256. The summed E-state index contributed by atoms with van der Waals surface area (Å²) in [5.41, 5.74) is 6.42. The van der Waals surface area contributed by atoms with Crippen molar-refractivity contribution >= 4 is 17.6 Å². The first-order valence-electron chi connectivity index (χ1n) is 5.76. The molecule has 6 nitrogen and oxygen atoms in total. The average molecular weight is 267 g/mol. The quantitative estimate of drug-likeness (QED) is 0.476. The van der Waals surface area contributed by atoms with Gasteiger partial charge in [-0.3, -0.25) is 4.79 Å². The van der Waals surface area contributed by atoms with E-state index >= 15 is 0 Å². The molecule has 0 heterocycles. The normalized spacial score (nSPS) is 9.79. The van der Waals surface area contributed by atoms with Crippen LogP contribution in [0.4, 0.5) is 5.69 Å². The van der Waals surface area contributed by atoms with E-state index in [1.165, 1.54) is 20.3 Å². The van der Waals surface area contributed by atoms with E-state index in [9.17, 15) is 9.59 Å². The molecule has 1 aromatic rings. The smallest absolute Gasteiger partial charge is 0.341 e. The summed E-state index contributed by atoms with van der Waals surface area (Å²) in [4.78, 5) is 22.4. The van der Waals surface area contributed by atoms with Gasteiger partial charge < -0.3 is 19.9 Å². The number of esters is 2. The van der Waals surface area contributed by atoms with E-state index in [0.717, 1.165) is 0 Å². The van der Waals surface area contributed by atoms with Crippen molar-refractivity contribution in [2.45, 2.75) is 12.8 Å². The molecular formula is C13H17NO5. The highest BCUT2D eigenvalue weighted by molar-refractivity contribution is 5.93. The molecule has 0 spiro atoms. The minimum Gasteiger partial charge on any atom is -0.493 e. The Bertz CT molecular complexity index is 458. The van der Waals surface area contributed by atoms with E-state index in [2.05, 4.69) is 9.47 Å². The van der Waals surface area contributed by atoms with Crippen LogP contribution in [-0.2, 0) is 14.3 Å². The number of hydrogen-bond acceptors (Lipinski definition) is 6. The van der Waals surface area contributed by atoms with Gasteiger partial charge in [0.05, 0.1) is 20.8 Å². The van der Waals surface area contributed by atoms with Gasteiger partial charge in [-0.1, -0.05) is 0 Å². The maximum absolute atomic E-state index is 11.5. The van der Waals surface area contributed by atoms with Crippen molar-refractivity contribution in [3.8, 4) is 5.75 Å². The number of anilines is 1. The molecule has 19 heavy (non-hydrogen) atoms. The monoisotopic (exact) mass is 267 g/mol. The molecule has 0 atom stereocenters. The van der Waals surface area contributed by atoms with Gasteiger partial charge in [0.15, 0.2) is 0 Å². The number of hydrogen-bond donors (Lipinski definition) is 1. The van der Waals surface area contributed by atoms with Gasteiger partial charge in [0.25, 0.3) is 0 Å². The molecule has 0 saturated carbocycles. The Morgan fingerprint density at radius 3 is 2.58 bits per heavy atom. The molecule has 0 radical (unpaired) electrons. The zero-order chi connectivity index (χ0) is 14.3. The Morgan fingerprint density at radius 1 is 1.21 bits per heavy atom. The molecule has 0 bridgehead atoms. The van der Waals surface area contributed by atoms with Gasteiger partial charge in [0.1, 0.15) is 11.3 Å². The SMILES string of the molecule is COC(=O)CCCOc1cc(N)ccc1C(=O)OC. The maximum Gasteiger partial charge on any atom is 0.341 e. The van der Waals surface area contributed by atoms with Crippen LogP contribution in [0.5, 0.6) is 5.75 Å². The van der Waals surface area contributed by atoms with Gasteiger partial charge in [-0.15, -0.1) is 0 Å². The van der Waals surface area contributed by atoms with E-state index in [0.29, 0.717) is 23.4 Å². The summed E-state index contributed by atoms with van der Waals surface area (Å²) in [6.07, 6.45) is 0.745. The zero-order valence-electron chi connectivity index (χ0n) is 11.0. The molecule has 0 aliphatic heterocycles. The number of rotatable bonds is 6. The van der Waals surface area contributed by atoms with Crippen LogP contribution < -0.4 is 10.5 Å². The number of nitrogens with two attached hydrogens (primary N) is 1. The van der Waals surface area contributed by atoms with Crippen molar-refractivity contribution < 1.29 is 23.8 Å². The number of ether oxygens (including phenoxy) is 3. The van der Waals surface area contributed by atoms with Gasteiger partial charge in [0.2, 0.25) is 0 Å². The second-order valence-corrected chi connectivity index (χ2v) is 3.78. The van der Waals surface area contributed by atoms with Gasteiger partial charge >= 0.3 is 11.9 Å². The maximum atomic E-state index is 11.5. The van der Waals surface area contributed by atoms with Gasteiger partial charge in [-0.2, -0.15) is 0 Å². The van der Waals surface area contributed by atoms with Crippen molar-refractivity contribution in [3.05, 3.63) is 23.8 Å². The Hall–Kier alpha value is -2.24. The Morgan fingerprint density at radius 2 is 1.95 bits per heavy atom. The molecule has 0 fully saturated rings. The van der Waals surface area contributed by atoms with Crippen molar-refractivity contribution in [1.82, 2.24) is 0 Å². The fraction of sp³-hybridized carbons (Fsp3) is 0.385. The standard InChI is InChI=1S/C13H17NO5/c1-17-12(15)4-3-7-19-11-8-9(14)5-6-10(11)13(16)18-2/h5-6,8H,3-4,7,14H2,1-2H3. The number of carbonyl (C=O) groups excluding carboxylic acids is 2. The van der Waals surface area contributed by atoms with Crippen LogP contribution in [0, 0.1) is 0 Å². The summed E-state index contributed by atoms with van der Waals surface area (Å²) in [5.74, 6) is -0.455. The summed E-state index contributed by atoms with van der Waals surface area (Å²) >= 11 is 0. The highest BCUT2D eigenvalue weighted by atomic mass is 16.5. The lowest BCUT2D eigenvalue weighted by Crippen LogP contribution is -2.09. The highest BCUT2D eigenvalue weighted by Gasteiger charge is 2.13. The molecule has 0 aromatic heterocycles. The molecule has 1 rings (SSSR count). The number of carbonyl (C=O) groups is 2. The van der Waals surface area contributed by atoms with E-state index < -0.39 is 5.97 Å². The third-order valence-corrected chi connectivity index (χ3v) is 2.42. The van der Waals surface area contributed by atoms with Gasteiger partial charge in [-0.25, -0.2) is 4.79 Å². The number of methoxy groups -OCH3 is 2. The van der Waals surface area contributed by atoms with Gasteiger partial charge in [-0.05, 0) is 18.6 Å². The number of nitrogen functional groups attached to an aromatic ring is 1. The van der Waals surface area contributed by atoms with Crippen LogP contribution in [0.25, 0.3) is 0 Å². The number of benzene rings is 1. The highest BCUT2D eigenvalue weighted by Crippen LogP contribution is 2.22. The average Bonchev–Trinajstić information content (AvgIpc) is 2.42. The van der Waals surface area contributed by atoms with E-state index in [-0.39, 0.29) is 19.0 Å². The molecule has 104 valence electrons. The van der Waals surface area contributed by atoms with Crippen molar-refractivity contribution in [2.75, 3.05) is 26.6 Å². The third kappa shape index (κ3) is 4.50. The lowest BCUT2D eigenvalue weighted by molar-refractivity contribution is -0.140. The zero-order valence-corrected chi connectivity index (χ0v) is 11.0. The molecule has 0 unspecified atom stereocenters. The summed E-state index contributed by atoms with van der Waals surface area (Å²) in [7, 11) is 2.62. The van der Waals surface area contributed by atoms with Crippen molar-refractivity contribution in [2.24, 2.45) is 0 Å². The molecule has 2 N–H and O–H groups in total. The topological polar surface area (TPSA) is 87.9 Å². The Labute approximate surface area is 111 Å². The molecule has 0 aliphatic rings. The minimum atomic E-state index is -0.497. The van der Waals surface area contributed by atoms with Crippen molar-refractivity contribution in [3.63, 3.8) is 0 Å². The van der Waals surface area contributed by atoms with Crippen LogP contribution in [0.3, 0.4) is 0 Å². The second kappa shape index (κ2) is 7.25. The third-order valence-electron chi connectivity index (χ3n) is 2.42. The molecular weight excluding hydrogens is 250 g/mol. The first-order chi connectivity index (χ1) is 9.08. The van der Waals surface area contributed by atoms with Gasteiger partial charge in [0, 0.05) is 18.2 Å². The largest absolute Gasteiger partial charge is 0.493 e. The Kier molecular flexibility index (Phi) is 5.66. The first-order valence-corrected chi connectivity index (χ1v) is 5.76.